The molecule has 0 saturated heterocycles. The van der Waals surface area contributed by atoms with Crippen molar-refractivity contribution in [3.8, 4) is 0 Å². The quantitative estimate of drug-likeness (QED) is 0.477. The van der Waals surface area contributed by atoms with E-state index in [4.69, 9.17) is 9.47 Å². The van der Waals surface area contributed by atoms with Crippen LogP contribution in [0.15, 0.2) is 23.2 Å². The van der Waals surface area contributed by atoms with E-state index in [1.54, 1.807) is 14.2 Å². The molecular formula is C10H18O2. The molecule has 0 aromatic heterocycles. The largest absolute Gasteiger partial charge is 0.501 e. The Morgan fingerprint density at radius 3 is 2.08 bits per heavy atom. The van der Waals surface area contributed by atoms with Gasteiger partial charge in [0.1, 0.15) is 5.76 Å². The minimum atomic E-state index is 0.861. The summed E-state index contributed by atoms with van der Waals surface area (Å²) in [5.74, 6) is 1.76. The fourth-order valence-corrected chi connectivity index (χ4v) is 0.774. The third-order valence-electron chi connectivity index (χ3n) is 1.83. The fraction of sp³-hybridized carbons (Fsp3) is 0.600. The summed E-state index contributed by atoms with van der Waals surface area (Å²) in [6, 6.07) is 0. The molecule has 0 heterocycles. The van der Waals surface area contributed by atoms with Gasteiger partial charge in [-0.05, 0) is 25.8 Å². The third-order valence-corrected chi connectivity index (χ3v) is 1.83. The first-order valence-electron chi connectivity index (χ1n) is 4.11. The molecule has 12 heavy (non-hydrogen) atoms. The van der Waals surface area contributed by atoms with Crippen LogP contribution in [0.3, 0.4) is 0 Å². The Balaban J connectivity index is 4.57. The van der Waals surface area contributed by atoms with Gasteiger partial charge in [-0.1, -0.05) is 6.92 Å². The van der Waals surface area contributed by atoms with Crippen LogP contribution >= 0.6 is 0 Å². The predicted molar refractivity (Wildman–Crippen MR) is 50.8 cm³/mol. The second kappa shape index (κ2) is 5.70. The molecule has 0 bridgehead atoms. The van der Waals surface area contributed by atoms with Crippen molar-refractivity contribution < 1.29 is 9.47 Å². The Labute approximate surface area is 74.9 Å². The number of methoxy groups -OCH3 is 2. The van der Waals surface area contributed by atoms with Gasteiger partial charge in [0, 0.05) is 6.08 Å². The lowest BCUT2D eigenvalue weighted by Crippen LogP contribution is -1.90. The average molecular weight is 170 g/mol. The molecule has 0 N–H and O–H groups in total. The molecule has 0 aromatic rings. The van der Waals surface area contributed by atoms with E-state index in [0.717, 1.165) is 17.9 Å². The summed E-state index contributed by atoms with van der Waals surface area (Å²) in [5.41, 5.74) is 1.23. The molecule has 0 radical (unpaired) electrons. The molecular weight excluding hydrogens is 152 g/mol. The highest BCUT2D eigenvalue weighted by molar-refractivity contribution is 5.20. The predicted octanol–water partition coefficient (Wildman–Crippen LogP) is 2.87. The van der Waals surface area contributed by atoms with Crippen molar-refractivity contribution in [3.05, 3.63) is 23.2 Å². The van der Waals surface area contributed by atoms with Crippen molar-refractivity contribution in [2.24, 2.45) is 0 Å². The van der Waals surface area contributed by atoms with Gasteiger partial charge < -0.3 is 9.47 Å². The molecule has 0 rings (SSSR count). The van der Waals surface area contributed by atoms with Gasteiger partial charge >= 0.3 is 0 Å². The van der Waals surface area contributed by atoms with Gasteiger partial charge in [0.2, 0.25) is 0 Å². The summed E-state index contributed by atoms with van der Waals surface area (Å²) >= 11 is 0. The average Bonchev–Trinajstić information content (AvgIpc) is 2.12. The van der Waals surface area contributed by atoms with Crippen molar-refractivity contribution in [2.75, 3.05) is 14.2 Å². The normalized spacial score (nSPS) is 13.9. The lowest BCUT2D eigenvalue weighted by atomic mass is 10.2. The Bertz CT molecular complexity index is 190. The molecule has 70 valence electrons. The number of rotatable bonds is 4. The van der Waals surface area contributed by atoms with E-state index in [-0.39, 0.29) is 0 Å². The van der Waals surface area contributed by atoms with Crippen LogP contribution in [0.2, 0.25) is 0 Å². The van der Waals surface area contributed by atoms with Gasteiger partial charge in [-0.25, -0.2) is 0 Å². The summed E-state index contributed by atoms with van der Waals surface area (Å²) in [7, 11) is 3.33. The first kappa shape index (κ1) is 11.1. The molecule has 2 heteroatoms. The van der Waals surface area contributed by atoms with Crippen molar-refractivity contribution >= 4 is 0 Å². The van der Waals surface area contributed by atoms with Gasteiger partial charge in [0.15, 0.2) is 0 Å². The second-order valence-electron chi connectivity index (χ2n) is 2.66. The fourth-order valence-electron chi connectivity index (χ4n) is 0.774. The minimum Gasteiger partial charge on any atom is -0.501 e. The molecule has 0 fully saturated rings. The molecule has 0 aromatic carbocycles. The van der Waals surface area contributed by atoms with Crippen LogP contribution in [0.5, 0.6) is 0 Å². The molecule has 2 nitrogen and oxygen atoms in total. The van der Waals surface area contributed by atoms with Gasteiger partial charge in [-0.15, -0.1) is 0 Å². The summed E-state index contributed by atoms with van der Waals surface area (Å²) < 4.78 is 10.2. The van der Waals surface area contributed by atoms with Crippen molar-refractivity contribution in [1.82, 2.24) is 0 Å². The zero-order valence-electron chi connectivity index (χ0n) is 8.60. The standard InChI is InChI=1S/C10H18O2/c1-6-8(2)10(12-5)7-9(3)11-4/h7H,6H2,1-5H3. The topological polar surface area (TPSA) is 18.5 Å². The monoisotopic (exact) mass is 170 g/mol. The number of allylic oxidation sites excluding steroid dienone is 3. The number of ether oxygens (including phenoxy) is 2. The summed E-state index contributed by atoms with van der Waals surface area (Å²) in [4.78, 5) is 0. The van der Waals surface area contributed by atoms with Crippen molar-refractivity contribution in [2.45, 2.75) is 27.2 Å². The van der Waals surface area contributed by atoms with Gasteiger partial charge in [0.05, 0.1) is 20.0 Å². The highest BCUT2D eigenvalue weighted by Gasteiger charge is 1.97. The lowest BCUT2D eigenvalue weighted by Gasteiger charge is -2.06. The molecule has 0 unspecified atom stereocenters. The summed E-state index contributed by atoms with van der Waals surface area (Å²) in [6.07, 6.45) is 2.90. The molecule has 0 aliphatic rings. The van der Waals surface area contributed by atoms with Crippen LogP contribution in [-0.4, -0.2) is 14.2 Å². The number of hydrogen-bond acceptors (Lipinski definition) is 2. The van der Waals surface area contributed by atoms with Crippen LogP contribution in [-0.2, 0) is 9.47 Å². The van der Waals surface area contributed by atoms with E-state index in [9.17, 15) is 0 Å². The second-order valence-corrected chi connectivity index (χ2v) is 2.66. The maximum atomic E-state index is 5.20. The molecule has 0 aliphatic heterocycles. The van der Waals surface area contributed by atoms with Crippen molar-refractivity contribution in [3.63, 3.8) is 0 Å². The molecule has 0 aliphatic carbocycles. The summed E-state index contributed by atoms with van der Waals surface area (Å²) in [6.45, 7) is 6.06. The number of hydrogen-bond donors (Lipinski definition) is 0. The van der Waals surface area contributed by atoms with E-state index in [1.807, 2.05) is 13.0 Å². The molecule has 0 atom stereocenters. The molecule has 0 saturated carbocycles. The van der Waals surface area contributed by atoms with Crippen LogP contribution in [0.1, 0.15) is 27.2 Å². The van der Waals surface area contributed by atoms with E-state index < -0.39 is 0 Å². The Morgan fingerprint density at radius 2 is 1.75 bits per heavy atom. The lowest BCUT2D eigenvalue weighted by molar-refractivity contribution is 0.274. The Hall–Kier alpha value is -0.920. The molecule has 0 amide bonds. The van der Waals surface area contributed by atoms with E-state index in [0.29, 0.717) is 0 Å². The van der Waals surface area contributed by atoms with Gasteiger partial charge in [-0.3, -0.25) is 0 Å². The maximum Gasteiger partial charge on any atom is 0.121 e. The zero-order valence-corrected chi connectivity index (χ0v) is 8.60. The highest BCUT2D eigenvalue weighted by Crippen LogP contribution is 2.12. The minimum absolute atomic E-state index is 0.861. The van der Waals surface area contributed by atoms with E-state index >= 15 is 0 Å². The zero-order chi connectivity index (χ0) is 9.56. The third kappa shape index (κ3) is 3.46. The smallest absolute Gasteiger partial charge is 0.121 e. The van der Waals surface area contributed by atoms with E-state index in [2.05, 4.69) is 13.8 Å². The first-order chi connectivity index (χ1) is 5.65. The van der Waals surface area contributed by atoms with E-state index in [1.165, 1.54) is 5.57 Å². The van der Waals surface area contributed by atoms with Crippen LogP contribution in [0.4, 0.5) is 0 Å². The van der Waals surface area contributed by atoms with Gasteiger partial charge in [0.25, 0.3) is 0 Å². The first-order valence-corrected chi connectivity index (χ1v) is 4.11. The van der Waals surface area contributed by atoms with Crippen LogP contribution in [0.25, 0.3) is 0 Å². The van der Waals surface area contributed by atoms with Crippen LogP contribution < -0.4 is 0 Å². The summed E-state index contributed by atoms with van der Waals surface area (Å²) in [5, 5.41) is 0. The van der Waals surface area contributed by atoms with Gasteiger partial charge in [-0.2, -0.15) is 0 Å². The SMILES string of the molecule is CCC(C)=C(C=C(C)OC)OC. The molecule has 0 spiro atoms. The van der Waals surface area contributed by atoms with Crippen LogP contribution in [0, 0.1) is 0 Å². The Kier molecular flexibility index (Phi) is 5.26. The van der Waals surface area contributed by atoms with Crippen molar-refractivity contribution in [1.29, 1.82) is 0 Å². The highest BCUT2D eigenvalue weighted by atomic mass is 16.5. The Morgan fingerprint density at radius 1 is 1.17 bits per heavy atom. The maximum absolute atomic E-state index is 5.20.